The Labute approximate surface area is 291 Å². The standard InChI is InChI=1S/C38H44O12/c1-45-33(39)23-3-7-25(8-4-23)35(41)47-29-15-19-31(20-16-29)49-37(43)27-11-13-28(14-12-27)38(44)50-32-21-17-30(18-22-32)48-36(42)26-9-5-24(6-10-26)34(40)46-2/h15-28H,3-14H2,1-2H3. The molecule has 2 aromatic carbocycles. The van der Waals surface area contributed by atoms with Crippen LogP contribution >= 0.6 is 0 Å². The SMILES string of the molecule is COC(=O)C1CCC(C(=O)Oc2ccc(OC(=O)C3CCC(C(=O)Oc4ccc(OC(=O)C5CCC(C(=O)OC)CC5)cc4)CC3)cc2)CC1. The first-order valence-electron chi connectivity index (χ1n) is 17.4. The summed E-state index contributed by atoms with van der Waals surface area (Å²) in [6.45, 7) is 0. The maximum atomic E-state index is 12.9. The molecular formula is C38H44O12. The van der Waals surface area contributed by atoms with Crippen molar-refractivity contribution in [2.45, 2.75) is 77.0 Å². The first-order valence-corrected chi connectivity index (χ1v) is 17.4. The zero-order valence-electron chi connectivity index (χ0n) is 28.5. The van der Waals surface area contributed by atoms with Crippen LogP contribution in [0.2, 0.25) is 0 Å². The van der Waals surface area contributed by atoms with Gasteiger partial charge >= 0.3 is 35.8 Å². The minimum absolute atomic E-state index is 0.175. The zero-order valence-corrected chi connectivity index (χ0v) is 28.5. The Morgan fingerprint density at radius 3 is 0.660 bits per heavy atom. The number of hydrogen-bond acceptors (Lipinski definition) is 12. The smallest absolute Gasteiger partial charge is 0.314 e. The lowest BCUT2D eigenvalue weighted by Crippen LogP contribution is -2.30. The van der Waals surface area contributed by atoms with Gasteiger partial charge in [0.05, 0.1) is 49.7 Å². The molecule has 12 nitrogen and oxygen atoms in total. The van der Waals surface area contributed by atoms with E-state index >= 15 is 0 Å². The molecule has 50 heavy (non-hydrogen) atoms. The summed E-state index contributed by atoms with van der Waals surface area (Å²) >= 11 is 0. The molecule has 0 aliphatic heterocycles. The molecule has 0 unspecified atom stereocenters. The monoisotopic (exact) mass is 692 g/mol. The van der Waals surface area contributed by atoms with E-state index in [2.05, 4.69) is 0 Å². The van der Waals surface area contributed by atoms with Crippen molar-refractivity contribution >= 4 is 35.8 Å². The van der Waals surface area contributed by atoms with Crippen molar-refractivity contribution < 1.29 is 57.2 Å². The second-order valence-corrected chi connectivity index (χ2v) is 13.3. The highest BCUT2D eigenvalue weighted by Crippen LogP contribution is 2.34. The molecule has 3 aliphatic carbocycles. The van der Waals surface area contributed by atoms with Crippen LogP contribution in [0.15, 0.2) is 48.5 Å². The number of carbonyl (C=O) groups is 6. The van der Waals surface area contributed by atoms with Gasteiger partial charge < -0.3 is 28.4 Å². The van der Waals surface area contributed by atoms with Gasteiger partial charge in [0.1, 0.15) is 23.0 Å². The molecule has 0 heterocycles. The van der Waals surface area contributed by atoms with Gasteiger partial charge in [0.15, 0.2) is 0 Å². The van der Waals surface area contributed by atoms with Crippen molar-refractivity contribution in [1.82, 2.24) is 0 Å². The lowest BCUT2D eigenvalue weighted by atomic mass is 9.82. The summed E-state index contributed by atoms with van der Waals surface area (Å²) in [5.74, 6) is -2.24. The summed E-state index contributed by atoms with van der Waals surface area (Å²) in [4.78, 5) is 74.4. The fourth-order valence-electron chi connectivity index (χ4n) is 6.98. The number of esters is 6. The number of rotatable bonds is 10. The number of carbonyl (C=O) groups excluding carboxylic acids is 6. The molecule has 3 fully saturated rings. The third-order valence-corrected chi connectivity index (χ3v) is 10.1. The van der Waals surface area contributed by atoms with E-state index in [-0.39, 0.29) is 71.3 Å². The van der Waals surface area contributed by atoms with Crippen molar-refractivity contribution in [2.75, 3.05) is 14.2 Å². The van der Waals surface area contributed by atoms with Gasteiger partial charge in [-0.15, -0.1) is 0 Å². The predicted molar refractivity (Wildman–Crippen MR) is 176 cm³/mol. The Bertz CT molecular complexity index is 1390. The molecule has 0 bridgehead atoms. The molecule has 0 aromatic heterocycles. The highest BCUT2D eigenvalue weighted by atomic mass is 16.6. The predicted octanol–water partition coefficient (Wildman–Crippen LogP) is 5.77. The average molecular weight is 693 g/mol. The summed E-state index contributed by atoms with van der Waals surface area (Å²) in [6, 6.07) is 12.6. The minimum atomic E-state index is -0.384. The normalized spacial score (nSPS) is 24.9. The van der Waals surface area contributed by atoms with Gasteiger partial charge in [-0.3, -0.25) is 28.8 Å². The van der Waals surface area contributed by atoms with Gasteiger partial charge in [0.25, 0.3) is 0 Å². The fourth-order valence-corrected chi connectivity index (χ4v) is 6.98. The molecule has 0 amide bonds. The van der Waals surface area contributed by atoms with E-state index in [1.807, 2.05) is 0 Å². The van der Waals surface area contributed by atoms with Crippen LogP contribution in [0.1, 0.15) is 77.0 Å². The second kappa shape index (κ2) is 17.3. The van der Waals surface area contributed by atoms with Crippen molar-refractivity contribution in [3.05, 3.63) is 48.5 Å². The molecule has 3 saturated carbocycles. The van der Waals surface area contributed by atoms with Gasteiger partial charge in [-0.25, -0.2) is 0 Å². The van der Waals surface area contributed by atoms with Crippen molar-refractivity contribution in [3.8, 4) is 23.0 Å². The average Bonchev–Trinajstić information content (AvgIpc) is 3.15. The van der Waals surface area contributed by atoms with E-state index in [0.717, 1.165) is 0 Å². The first-order chi connectivity index (χ1) is 24.1. The van der Waals surface area contributed by atoms with E-state index < -0.39 is 0 Å². The van der Waals surface area contributed by atoms with E-state index in [1.165, 1.54) is 14.2 Å². The highest BCUT2D eigenvalue weighted by Gasteiger charge is 2.34. The van der Waals surface area contributed by atoms with Crippen molar-refractivity contribution in [2.24, 2.45) is 35.5 Å². The lowest BCUT2D eigenvalue weighted by molar-refractivity contribution is -0.149. The number of ether oxygens (including phenoxy) is 6. The fraction of sp³-hybridized carbons (Fsp3) is 0.526. The maximum absolute atomic E-state index is 12.9. The summed E-state index contributed by atoms with van der Waals surface area (Å²) in [7, 11) is 2.73. The Morgan fingerprint density at radius 2 is 0.500 bits per heavy atom. The van der Waals surface area contributed by atoms with Crippen LogP contribution in [0, 0.1) is 35.5 Å². The summed E-state index contributed by atoms with van der Waals surface area (Å²) < 4.78 is 31.8. The van der Waals surface area contributed by atoms with Crippen LogP contribution in [0.4, 0.5) is 0 Å². The van der Waals surface area contributed by atoms with Crippen molar-refractivity contribution in [3.63, 3.8) is 0 Å². The van der Waals surface area contributed by atoms with Gasteiger partial charge in [-0.2, -0.15) is 0 Å². The second-order valence-electron chi connectivity index (χ2n) is 13.3. The molecule has 0 radical (unpaired) electrons. The number of methoxy groups -OCH3 is 2. The van der Waals surface area contributed by atoms with Gasteiger partial charge in [0.2, 0.25) is 0 Å². The van der Waals surface area contributed by atoms with E-state index in [4.69, 9.17) is 28.4 Å². The van der Waals surface area contributed by atoms with Gasteiger partial charge in [0, 0.05) is 0 Å². The molecule has 5 rings (SSSR count). The van der Waals surface area contributed by atoms with E-state index in [9.17, 15) is 28.8 Å². The summed E-state index contributed by atoms with van der Waals surface area (Å²) in [5, 5.41) is 0. The first kappa shape index (κ1) is 36.5. The third-order valence-electron chi connectivity index (χ3n) is 10.1. The maximum Gasteiger partial charge on any atom is 0.314 e. The summed E-state index contributed by atoms with van der Waals surface area (Å²) in [6.07, 6.45) is 6.48. The molecular weight excluding hydrogens is 648 g/mol. The van der Waals surface area contributed by atoms with Crippen LogP contribution < -0.4 is 18.9 Å². The van der Waals surface area contributed by atoms with E-state index in [1.54, 1.807) is 48.5 Å². The quantitative estimate of drug-likeness (QED) is 0.219. The largest absolute Gasteiger partial charge is 0.469 e. The third kappa shape index (κ3) is 9.70. The van der Waals surface area contributed by atoms with Crippen LogP contribution in [0.5, 0.6) is 23.0 Å². The highest BCUT2D eigenvalue weighted by molar-refractivity contribution is 5.79. The number of benzene rings is 2. The van der Waals surface area contributed by atoms with Crippen LogP contribution in [-0.2, 0) is 38.2 Å². The van der Waals surface area contributed by atoms with Crippen LogP contribution in [0.25, 0.3) is 0 Å². The lowest BCUT2D eigenvalue weighted by Gasteiger charge is -2.26. The Balaban J connectivity index is 0.996. The molecule has 2 aromatic rings. The van der Waals surface area contributed by atoms with Gasteiger partial charge in [-0.1, -0.05) is 0 Å². The Kier molecular flexibility index (Phi) is 12.6. The zero-order chi connectivity index (χ0) is 35.6. The van der Waals surface area contributed by atoms with E-state index in [0.29, 0.717) is 100 Å². The number of hydrogen-bond donors (Lipinski definition) is 0. The van der Waals surface area contributed by atoms with Crippen LogP contribution in [-0.4, -0.2) is 50.0 Å². The summed E-state index contributed by atoms with van der Waals surface area (Å²) in [5.41, 5.74) is 0. The molecule has 0 spiro atoms. The Hall–Kier alpha value is -4.74. The molecule has 0 saturated heterocycles. The Morgan fingerprint density at radius 1 is 0.340 bits per heavy atom. The van der Waals surface area contributed by atoms with Crippen molar-refractivity contribution in [1.29, 1.82) is 0 Å². The molecule has 0 atom stereocenters. The molecule has 12 heteroatoms. The molecule has 268 valence electrons. The minimum Gasteiger partial charge on any atom is -0.469 e. The molecule has 3 aliphatic rings. The van der Waals surface area contributed by atoms with Crippen LogP contribution in [0.3, 0.4) is 0 Å². The topological polar surface area (TPSA) is 158 Å². The van der Waals surface area contributed by atoms with Gasteiger partial charge in [-0.05, 0) is 126 Å². The molecule has 0 N–H and O–H groups in total.